The van der Waals surface area contributed by atoms with Crippen molar-refractivity contribution in [3.05, 3.63) is 53.5 Å². The average molecular weight is 473 g/mol. The van der Waals surface area contributed by atoms with Gasteiger partial charge in [-0.25, -0.2) is 0 Å². The quantitative estimate of drug-likeness (QED) is 0.253. The first kappa shape index (κ1) is 22.3. The Kier molecular flexibility index (Phi) is 10.8. The minimum Gasteiger partial charge on any atom is -0.496 e. The fraction of sp³-hybridized carbons (Fsp3) is 0.421. The number of rotatable bonds is 9. The molecule has 0 bridgehead atoms. The SMILES string of the molecule is CN=C(NCCCOCc1ccco1)NCc1ccc(C)cc1OC.I. The fourth-order valence-electron chi connectivity index (χ4n) is 2.35. The molecule has 7 heteroatoms. The Morgan fingerprint density at radius 3 is 2.77 bits per heavy atom. The van der Waals surface area contributed by atoms with E-state index in [4.69, 9.17) is 13.9 Å². The molecule has 144 valence electrons. The lowest BCUT2D eigenvalue weighted by Gasteiger charge is -2.14. The van der Waals surface area contributed by atoms with Gasteiger partial charge in [-0.05, 0) is 37.1 Å². The van der Waals surface area contributed by atoms with Crippen molar-refractivity contribution in [2.24, 2.45) is 4.99 Å². The van der Waals surface area contributed by atoms with Crippen LogP contribution >= 0.6 is 24.0 Å². The van der Waals surface area contributed by atoms with Crippen LogP contribution in [0.3, 0.4) is 0 Å². The molecular formula is C19H28IN3O3. The molecule has 0 atom stereocenters. The Labute approximate surface area is 172 Å². The standard InChI is InChI=1S/C19H27N3O3.HI/c1-15-7-8-16(18(12-15)23-3)13-22-19(20-2)21-9-5-10-24-14-17-6-4-11-25-17;/h4,6-8,11-12H,5,9-10,13-14H2,1-3H3,(H2,20,21,22);1H. The maximum absolute atomic E-state index is 5.55. The number of nitrogens with zero attached hydrogens (tertiary/aromatic N) is 1. The van der Waals surface area contributed by atoms with Crippen LogP contribution in [0.1, 0.15) is 23.3 Å². The molecule has 0 fully saturated rings. The van der Waals surface area contributed by atoms with Gasteiger partial charge in [-0.3, -0.25) is 4.99 Å². The van der Waals surface area contributed by atoms with E-state index in [-0.39, 0.29) is 24.0 Å². The summed E-state index contributed by atoms with van der Waals surface area (Å²) < 4.78 is 16.2. The lowest BCUT2D eigenvalue weighted by atomic mass is 10.1. The number of halogens is 1. The van der Waals surface area contributed by atoms with Gasteiger partial charge in [0.1, 0.15) is 18.1 Å². The van der Waals surface area contributed by atoms with Crippen LogP contribution in [-0.4, -0.2) is 33.3 Å². The number of hydrogen-bond donors (Lipinski definition) is 2. The zero-order valence-corrected chi connectivity index (χ0v) is 17.9. The molecular weight excluding hydrogens is 445 g/mol. The van der Waals surface area contributed by atoms with Crippen LogP contribution < -0.4 is 15.4 Å². The van der Waals surface area contributed by atoms with Gasteiger partial charge in [0.15, 0.2) is 5.96 Å². The third-order valence-electron chi connectivity index (χ3n) is 3.69. The molecule has 2 rings (SSSR count). The second-order valence-electron chi connectivity index (χ2n) is 5.65. The van der Waals surface area contributed by atoms with Crippen molar-refractivity contribution in [2.75, 3.05) is 27.3 Å². The first-order valence-corrected chi connectivity index (χ1v) is 8.41. The summed E-state index contributed by atoms with van der Waals surface area (Å²) in [7, 11) is 3.45. The second kappa shape index (κ2) is 12.6. The minimum atomic E-state index is 0. The molecule has 0 spiro atoms. The minimum absolute atomic E-state index is 0. The highest BCUT2D eigenvalue weighted by atomic mass is 127. The number of guanidine groups is 1. The summed E-state index contributed by atoms with van der Waals surface area (Å²) >= 11 is 0. The van der Waals surface area contributed by atoms with Crippen LogP contribution in [0.15, 0.2) is 46.0 Å². The molecule has 0 aliphatic heterocycles. The van der Waals surface area contributed by atoms with Crippen molar-refractivity contribution >= 4 is 29.9 Å². The predicted octanol–water partition coefficient (Wildman–Crippen LogP) is 3.49. The normalized spacial score (nSPS) is 11.0. The molecule has 0 unspecified atom stereocenters. The molecule has 2 aromatic rings. The van der Waals surface area contributed by atoms with Crippen LogP contribution in [0.2, 0.25) is 0 Å². The van der Waals surface area contributed by atoms with Gasteiger partial charge in [0.2, 0.25) is 0 Å². The highest BCUT2D eigenvalue weighted by Crippen LogP contribution is 2.19. The van der Waals surface area contributed by atoms with Crippen LogP contribution in [-0.2, 0) is 17.9 Å². The van der Waals surface area contributed by atoms with Crippen molar-refractivity contribution in [1.82, 2.24) is 10.6 Å². The summed E-state index contributed by atoms with van der Waals surface area (Å²) in [6, 6.07) is 9.94. The van der Waals surface area contributed by atoms with Crippen molar-refractivity contribution < 1.29 is 13.9 Å². The van der Waals surface area contributed by atoms with Crippen LogP contribution in [0, 0.1) is 6.92 Å². The van der Waals surface area contributed by atoms with Crippen LogP contribution in [0.4, 0.5) is 0 Å². The van der Waals surface area contributed by atoms with Crippen molar-refractivity contribution in [2.45, 2.75) is 26.5 Å². The van der Waals surface area contributed by atoms with Gasteiger partial charge in [0.25, 0.3) is 0 Å². The predicted molar refractivity (Wildman–Crippen MR) is 114 cm³/mol. The number of benzene rings is 1. The number of hydrogen-bond acceptors (Lipinski definition) is 4. The van der Waals surface area contributed by atoms with E-state index in [1.807, 2.05) is 25.1 Å². The fourth-order valence-corrected chi connectivity index (χ4v) is 2.35. The molecule has 0 saturated heterocycles. The van der Waals surface area contributed by atoms with Gasteiger partial charge in [0, 0.05) is 32.3 Å². The molecule has 0 amide bonds. The third kappa shape index (κ3) is 7.65. The maximum atomic E-state index is 5.55. The van der Waals surface area contributed by atoms with Gasteiger partial charge >= 0.3 is 0 Å². The van der Waals surface area contributed by atoms with E-state index in [2.05, 4.69) is 27.8 Å². The molecule has 1 heterocycles. The highest BCUT2D eigenvalue weighted by Gasteiger charge is 2.04. The number of aryl methyl sites for hydroxylation is 1. The van der Waals surface area contributed by atoms with E-state index in [0.29, 0.717) is 19.8 Å². The maximum Gasteiger partial charge on any atom is 0.191 e. The molecule has 1 aromatic carbocycles. The lowest BCUT2D eigenvalue weighted by Crippen LogP contribution is -2.37. The Morgan fingerprint density at radius 1 is 1.23 bits per heavy atom. The summed E-state index contributed by atoms with van der Waals surface area (Å²) in [5, 5.41) is 6.57. The second-order valence-corrected chi connectivity index (χ2v) is 5.65. The summed E-state index contributed by atoms with van der Waals surface area (Å²) in [5.74, 6) is 2.49. The van der Waals surface area contributed by atoms with Crippen molar-refractivity contribution in [3.8, 4) is 5.75 Å². The van der Waals surface area contributed by atoms with Crippen molar-refractivity contribution in [1.29, 1.82) is 0 Å². The van der Waals surface area contributed by atoms with Crippen LogP contribution in [0.5, 0.6) is 5.75 Å². The Morgan fingerprint density at radius 2 is 2.08 bits per heavy atom. The van der Waals surface area contributed by atoms with E-state index < -0.39 is 0 Å². The summed E-state index contributed by atoms with van der Waals surface area (Å²) in [5.41, 5.74) is 2.27. The van der Waals surface area contributed by atoms with E-state index in [9.17, 15) is 0 Å². The molecule has 6 nitrogen and oxygen atoms in total. The van der Waals surface area contributed by atoms with Gasteiger partial charge in [-0.2, -0.15) is 0 Å². The first-order chi connectivity index (χ1) is 12.2. The molecule has 26 heavy (non-hydrogen) atoms. The largest absolute Gasteiger partial charge is 0.496 e. The number of methoxy groups -OCH3 is 1. The Hall–Kier alpha value is -1.74. The molecule has 0 radical (unpaired) electrons. The average Bonchev–Trinajstić information content (AvgIpc) is 3.14. The van der Waals surface area contributed by atoms with E-state index in [0.717, 1.165) is 36.0 Å². The number of furan rings is 1. The van der Waals surface area contributed by atoms with Gasteiger partial charge in [-0.1, -0.05) is 12.1 Å². The molecule has 0 saturated carbocycles. The number of ether oxygens (including phenoxy) is 2. The lowest BCUT2D eigenvalue weighted by molar-refractivity contribution is 0.105. The molecule has 0 aliphatic carbocycles. The van der Waals surface area contributed by atoms with Gasteiger partial charge in [-0.15, -0.1) is 24.0 Å². The van der Waals surface area contributed by atoms with E-state index >= 15 is 0 Å². The Balaban J connectivity index is 0.00000338. The Bertz CT molecular complexity index is 660. The smallest absolute Gasteiger partial charge is 0.191 e. The summed E-state index contributed by atoms with van der Waals surface area (Å²) in [6.07, 6.45) is 2.54. The monoisotopic (exact) mass is 473 g/mol. The summed E-state index contributed by atoms with van der Waals surface area (Å²) in [6.45, 7) is 4.65. The first-order valence-electron chi connectivity index (χ1n) is 8.41. The molecule has 0 aliphatic rings. The highest BCUT2D eigenvalue weighted by molar-refractivity contribution is 14.0. The van der Waals surface area contributed by atoms with E-state index in [1.165, 1.54) is 5.56 Å². The van der Waals surface area contributed by atoms with Crippen LogP contribution in [0.25, 0.3) is 0 Å². The molecule has 2 N–H and O–H groups in total. The van der Waals surface area contributed by atoms with E-state index in [1.54, 1.807) is 20.4 Å². The van der Waals surface area contributed by atoms with Gasteiger partial charge in [0.05, 0.1) is 13.4 Å². The number of aliphatic imine (C=N–C) groups is 1. The number of nitrogens with one attached hydrogen (secondary N) is 2. The third-order valence-corrected chi connectivity index (χ3v) is 3.69. The molecule has 1 aromatic heterocycles. The van der Waals surface area contributed by atoms with Gasteiger partial charge < -0.3 is 24.5 Å². The zero-order chi connectivity index (χ0) is 17.9. The van der Waals surface area contributed by atoms with Crippen molar-refractivity contribution in [3.63, 3.8) is 0 Å². The zero-order valence-electron chi connectivity index (χ0n) is 15.6. The topological polar surface area (TPSA) is 68.0 Å². The summed E-state index contributed by atoms with van der Waals surface area (Å²) in [4.78, 5) is 4.23.